The maximum absolute atomic E-state index is 11.7. The number of carboxylic acids is 1. The third-order valence-electron chi connectivity index (χ3n) is 2.14. The number of nitrogens with one attached hydrogen (secondary N) is 2. The Labute approximate surface area is 91.5 Å². The lowest BCUT2D eigenvalue weighted by molar-refractivity contribution is -0.140. The molecule has 0 aliphatic rings. The molecule has 7 heteroatoms. The highest BCUT2D eigenvalue weighted by Crippen LogP contribution is 2.08. The zero-order valence-corrected chi connectivity index (χ0v) is 8.94. The molecule has 0 saturated carbocycles. The molecule has 0 bridgehead atoms. The normalized spacial score (nSPS) is 12.2. The van der Waals surface area contributed by atoms with Crippen molar-refractivity contribution >= 4 is 11.9 Å². The molecule has 0 aromatic carbocycles. The standard InChI is InChI=1S/C9H13N3O4/c1-4-7(5(2)12-11-4)8(14)10-6(3-13)9(15)16/h6,13H,3H2,1-2H3,(H,10,14)(H,11,12)(H,15,16). The van der Waals surface area contributed by atoms with Gasteiger partial charge >= 0.3 is 5.97 Å². The highest BCUT2D eigenvalue weighted by Gasteiger charge is 2.22. The van der Waals surface area contributed by atoms with Gasteiger partial charge in [-0.2, -0.15) is 5.10 Å². The molecule has 4 N–H and O–H groups in total. The van der Waals surface area contributed by atoms with Crippen LogP contribution in [0, 0.1) is 13.8 Å². The van der Waals surface area contributed by atoms with E-state index in [0.29, 0.717) is 17.0 Å². The van der Waals surface area contributed by atoms with Crippen LogP contribution in [0.1, 0.15) is 21.7 Å². The summed E-state index contributed by atoms with van der Waals surface area (Å²) in [5.41, 5.74) is 1.34. The van der Waals surface area contributed by atoms with Gasteiger partial charge in [0.25, 0.3) is 5.91 Å². The number of carboxylic acid groups (broad SMARTS) is 1. The zero-order valence-electron chi connectivity index (χ0n) is 8.94. The molecule has 0 radical (unpaired) electrons. The molecule has 1 heterocycles. The minimum atomic E-state index is -1.30. The lowest BCUT2D eigenvalue weighted by Crippen LogP contribution is -2.43. The van der Waals surface area contributed by atoms with Crippen molar-refractivity contribution in [3.8, 4) is 0 Å². The third kappa shape index (κ3) is 2.37. The van der Waals surface area contributed by atoms with Crippen molar-refractivity contribution in [3.63, 3.8) is 0 Å². The number of aryl methyl sites for hydroxylation is 2. The molecule has 16 heavy (non-hydrogen) atoms. The SMILES string of the molecule is Cc1n[nH]c(C)c1C(=O)NC(CO)C(=O)O. The van der Waals surface area contributed by atoms with E-state index in [0.717, 1.165) is 0 Å². The molecular formula is C9H13N3O4. The summed E-state index contributed by atoms with van der Waals surface area (Å²) in [6.07, 6.45) is 0. The van der Waals surface area contributed by atoms with E-state index in [-0.39, 0.29) is 0 Å². The number of hydrogen-bond acceptors (Lipinski definition) is 4. The molecule has 0 aliphatic carbocycles. The first-order valence-corrected chi connectivity index (χ1v) is 4.63. The van der Waals surface area contributed by atoms with Crippen molar-refractivity contribution in [2.45, 2.75) is 19.9 Å². The lowest BCUT2D eigenvalue weighted by Gasteiger charge is -2.11. The number of carbonyl (C=O) groups is 2. The predicted octanol–water partition coefficient (Wildman–Crippen LogP) is -0.798. The molecule has 1 unspecified atom stereocenters. The van der Waals surface area contributed by atoms with E-state index in [1.807, 2.05) is 0 Å². The Morgan fingerprint density at radius 2 is 2.12 bits per heavy atom. The fraction of sp³-hybridized carbons (Fsp3) is 0.444. The van der Waals surface area contributed by atoms with Crippen molar-refractivity contribution in [1.29, 1.82) is 0 Å². The highest BCUT2D eigenvalue weighted by molar-refractivity contribution is 5.98. The largest absolute Gasteiger partial charge is 0.480 e. The van der Waals surface area contributed by atoms with Crippen LogP contribution >= 0.6 is 0 Å². The Kier molecular flexibility index (Phi) is 3.62. The van der Waals surface area contributed by atoms with Gasteiger partial charge in [-0.05, 0) is 13.8 Å². The van der Waals surface area contributed by atoms with Crippen molar-refractivity contribution in [1.82, 2.24) is 15.5 Å². The molecular weight excluding hydrogens is 214 g/mol. The molecule has 1 aromatic rings. The van der Waals surface area contributed by atoms with E-state index in [4.69, 9.17) is 10.2 Å². The summed E-state index contributed by atoms with van der Waals surface area (Å²) in [5.74, 6) is -1.85. The Morgan fingerprint density at radius 3 is 2.50 bits per heavy atom. The van der Waals surface area contributed by atoms with Gasteiger partial charge in [0.1, 0.15) is 0 Å². The topological polar surface area (TPSA) is 115 Å². The number of aliphatic hydroxyl groups excluding tert-OH is 1. The molecule has 7 nitrogen and oxygen atoms in total. The Morgan fingerprint density at radius 1 is 1.50 bits per heavy atom. The van der Waals surface area contributed by atoms with Crippen molar-refractivity contribution < 1.29 is 19.8 Å². The summed E-state index contributed by atoms with van der Waals surface area (Å²) in [4.78, 5) is 22.3. The Hall–Kier alpha value is -1.89. The summed E-state index contributed by atoms with van der Waals surface area (Å²) in [7, 11) is 0. The number of aromatic amines is 1. The van der Waals surface area contributed by atoms with Gasteiger partial charge in [-0.3, -0.25) is 9.89 Å². The lowest BCUT2D eigenvalue weighted by atomic mass is 10.1. The molecule has 1 atom stereocenters. The second-order valence-corrected chi connectivity index (χ2v) is 3.36. The molecule has 1 rings (SSSR count). The van der Waals surface area contributed by atoms with E-state index < -0.39 is 24.5 Å². The average molecular weight is 227 g/mol. The van der Waals surface area contributed by atoms with Gasteiger partial charge in [-0.15, -0.1) is 0 Å². The number of hydrogen-bond donors (Lipinski definition) is 4. The Bertz CT molecular complexity index is 393. The van der Waals surface area contributed by atoms with Crippen LogP contribution in [0.5, 0.6) is 0 Å². The van der Waals surface area contributed by atoms with Crippen molar-refractivity contribution in [2.24, 2.45) is 0 Å². The molecule has 88 valence electrons. The van der Waals surface area contributed by atoms with Crippen LogP contribution in [-0.2, 0) is 4.79 Å². The molecule has 0 saturated heterocycles. The van der Waals surface area contributed by atoms with Gasteiger partial charge in [0.05, 0.1) is 17.9 Å². The van der Waals surface area contributed by atoms with Crippen LogP contribution in [0.4, 0.5) is 0 Å². The van der Waals surface area contributed by atoms with Gasteiger partial charge < -0.3 is 15.5 Å². The van der Waals surface area contributed by atoms with Crippen LogP contribution < -0.4 is 5.32 Å². The molecule has 1 aromatic heterocycles. The number of aromatic nitrogens is 2. The smallest absolute Gasteiger partial charge is 0.328 e. The van der Waals surface area contributed by atoms with Crippen molar-refractivity contribution in [2.75, 3.05) is 6.61 Å². The summed E-state index contributed by atoms with van der Waals surface area (Å²) in [5, 5.41) is 26.1. The van der Waals surface area contributed by atoms with Gasteiger partial charge in [0.15, 0.2) is 6.04 Å². The minimum Gasteiger partial charge on any atom is -0.480 e. The van der Waals surface area contributed by atoms with Gasteiger partial charge in [-0.1, -0.05) is 0 Å². The molecule has 0 spiro atoms. The first-order chi connectivity index (χ1) is 7.47. The molecule has 0 fully saturated rings. The number of aliphatic hydroxyl groups is 1. The van der Waals surface area contributed by atoms with E-state index in [2.05, 4.69) is 15.5 Å². The number of amides is 1. The fourth-order valence-corrected chi connectivity index (χ4v) is 1.30. The average Bonchev–Trinajstić information content (AvgIpc) is 2.54. The van der Waals surface area contributed by atoms with Gasteiger partial charge in [0.2, 0.25) is 0 Å². The van der Waals surface area contributed by atoms with E-state index >= 15 is 0 Å². The van der Waals surface area contributed by atoms with Gasteiger partial charge in [-0.25, -0.2) is 4.79 Å². The van der Waals surface area contributed by atoms with Crippen LogP contribution in [0.3, 0.4) is 0 Å². The number of H-pyrrole nitrogens is 1. The van der Waals surface area contributed by atoms with Crippen molar-refractivity contribution in [3.05, 3.63) is 17.0 Å². The first kappa shape index (κ1) is 12.2. The van der Waals surface area contributed by atoms with Gasteiger partial charge in [0, 0.05) is 5.69 Å². The number of aliphatic carboxylic acids is 1. The van der Waals surface area contributed by atoms with Crippen LogP contribution in [0.2, 0.25) is 0 Å². The van der Waals surface area contributed by atoms with E-state index in [9.17, 15) is 9.59 Å². The zero-order chi connectivity index (χ0) is 12.3. The highest BCUT2D eigenvalue weighted by atomic mass is 16.4. The molecule has 1 amide bonds. The maximum atomic E-state index is 11.7. The second kappa shape index (κ2) is 4.75. The Balaban J connectivity index is 2.84. The van der Waals surface area contributed by atoms with Crippen LogP contribution in [0.15, 0.2) is 0 Å². The first-order valence-electron chi connectivity index (χ1n) is 4.63. The monoisotopic (exact) mass is 227 g/mol. The fourth-order valence-electron chi connectivity index (χ4n) is 1.30. The predicted molar refractivity (Wildman–Crippen MR) is 54.0 cm³/mol. The third-order valence-corrected chi connectivity index (χ3v) is 2.14. The number of carbonyl (C=O) groups excluding carboxylic acids is 1. The second-order valence-electron chi connectivity index (χ2n) is 3.36. The van der Waals surface area contributed by atoms with E-state index in [1.165, 1.54) is 0 Å². The summed E-state index contributed by atoms with van der Waals surface area (Å²) in [6.45, 7) is 2.63. The van der Waals surface area contributed by atoms with E-state index in [1.54, 1.807) is 13.8 Å². The number of nitrogens with zero attached hydrogens (tertiary/aromatic N) is 1. The number of rotatable bonds is 4. The quantitative estimate of drug-likeness (QED) is 0.537. The summed E-state index contributed by atoms with van der Waals surface area (Å²) >= 11 is 0. The van der Waals surface area contributed by atoms with Crippen LogP contribution in [0.25, 0.3) is 0 Å². The maximum Gasteiger partial charge on any atom is 0.328 e. The minimum absolute atomic E-state index is 0.305. The summed E-state index contributed by atoms with van der Waals surface area (Å²) in [6, 6.07) is -1.30. The van der Waals surface area contributed by atoms with Crippen LogP contribution in [-0.4, -0.2) is 44.9 Å². The summed E-state index contributed by atoms with van der Waals surface area (Å²) < 4.78 is 0. The molecule has 0 aliphatic heterocycles.